The van der Waals surface area contributed by atoms with E-state index in [2.05, 4.69) is 30.3 Å². The summed E-state index contributed by atoms with van der Waals surface area (Å²) in [4.78, 5) is 1.66. The molecule has 4 aromatic rings. The molecule has 6 rings (SSSR count). The van der Waals surface area contributed by atoms with E-state index < -0.39 is 18.3 Å². The third kappa shape index (κ3) is 7.84. The molecule has 49 heavy (non-hydrogen) atoms. The Labute approximate surface area is 285 Å². The maximum Gasteiger partial charge on any atom is 0.422 e. The van der Waals surface area contributed by atoms with Crippen LogP contribution in [0.2, 0.25) is 0 Å². The number of nitrogens with zero attached hydrogens (tertiary/aromatic N) is 3. The molecular weight excluding hydrogens is 631 g/mol. The van der Waals surface area contributed by atoms with Crippen molar-refractivity contribution in [3.05, 3.63) is 89.1 Å². The summed E-state index contributed by atoms with van der Waals surface area (Å²) in [6, 6.07) is 21.1. The topological polar surface area (TPSA) is 79.9 Å². The van der Waals surface area contributed by atoms with Gasteiger partial charge < -0.3 is 23.9 Å². The number of aryl methyl sites for hydroxylation is 2. The van der Waals surface area contributed by atoms with E-state index in [-0.39, 0.29) is 11.7 Å². The number of nitriles is 1. The Bertz CT molecular complexity index is 1750. The van der Waals surface area contributed by atoms with Crippen LogP contribution in [0.25, 0.3) is 10.9 Å². The largest absolute Gasteiger partial charge is 0.493 e. The number of fused-ring (bicyclic) bond motifs is 1. The number of rotatable bonds is 14. The Morgan fingerprint density at radius 2 is 1.53 bits per heavy atom. The highest BCUT2D eigenvalue weighted by Gasteiger charge is 2.57. The van der Waals surface area contributed by atoms with Crippen molar-refractivity contribution in [3.8, 4) is 23.3 Å². The molecule has 0 amide bonds. The number of hydrogen-bond donors (Lipinski definition) is 1. The van der Waals surface area contributed by atoms with Crippen molar-refractivity contribution in [1.82, 2.24) is 9.47 Å². The van der Waals surface area contributed by atoms with Crippen LogP contribution < -0.4 is 14.2 Å². The maximum atomic E-state index is 14.9. The van der Waals surface area contributed by atoms with Gasteiger partial charge in [-0.1, -0.05) is 36.4 Å². The molecule has 2 aliphatic rings. The van der Waals surface area contributed by atoms with E-state index in [4.69, 9.17) is 14.2 Å². The number of methoxy groups -OCH3 is 2. The summed E-state index contributed by atoms with van der Waals surface area (Å²) in [5, 5.41) is 21.3. The molecular formula is C39H44F3N3O4. The summed E-state index contributed by atoms with van der Waals surface area (Å²) >= 11 is 0. The number of ether oxygens (including phenoxy) is 3. The number of hydrogen-bond acceptors (Lipinski definition) is 6. The molecule has 1 N–H and O–H groups in total. The minimum absolute atomic E-state index is 0.173. The highest BCUT2D eigenvalue weighted by Crippen LogP contribution is 2.45. The zero-order chi connectivity index (χ0) is 34.6. The minimum atomic E-state index is -4.92. The van der Waals surface area contributed by atoms with Crippen molar-refractivity contribution in [2.75, 3.05) is 33.9 Å². The number of alkyl halides is 3. The zero-order valence-electron chi connectivity index (χ0n) is 28.1. The van der Waals surface area contributed by atoms with Gasteiger partial charge in [0.05, 0.1) is 25.9 Å². The van der Waals surface area contributed by atoms with Crippen LogP contribution in [-0.4, -0.2) is 60.7 Å². The molecule has 1 saturated heterocycles. The van der Waals surface area contributed by atoms with Gasteiger partial charge in [0, 0.05) is 48.8 Å². The molecule has 2 heterocycles. The van der Waals surface area contributed by atoms with Gasteiger partial charge in [-0.05, 0) is 92.7 Å². The molecule has 1 aromatic heterocycles. The highest BCUT2D eigenvalue weighted by molar-refractivity contribution is 5.86. The lowest BCUT2D eigenvalue weighted by Gasteiger charge is -2.39. The van der Waals surface area contributed by atoms with Gasteiger partial charge >= 0.3 is 6.18 Å². The standard InChI is InChI=1S/C39H44F3N3O4/c1-47-35-21-29(11-7-6-10-27-8-4-3-5-9-27)22-36(48-2)37(35)49-31-16-18-44(19-17-31)26-38(46,39(40,41)42)33-25-45(24-28-12-13-28)34-20-30(23-43)14-15-32(33)34/h3-5,8-9,14-15,20-22,25,28,31,46H,6-7,10-13,16-19,24,26H2,1-2H3. The first-order chi connectivity index (χ1) is 23.6. The molecule has 2 fully saturated rings. The van der Waals surface area contributed by atoms with Crippen LogP contribution in [0, 0.1) is 17.2 Å². The number of aliphatic hydroxyl groups is 1. The van der Waals surface area contributed by atoms with Gasteiger partial charge in [0.25, 0.3) is 0 Å². The van der Waals surface area contributed by atoms with Crippen LogP contribution >= 0.6 is 0 Å². The second-order valence-electron chi connectivity index (χ2n) is 13.5. The third-order valence-electron chi connectivity index (χ3n) is 9.89. The molecule has 0 spiro atoms. The van der Waals surface area contributed by atoms with Gasteiger partial charge in [-0.2, -0.15) is 18.4 Å². The first-order valence-corrected chi connectivity index (χ1v) is 17.1. The van der Waals surface area contributed by atoms with Crippen molar-refractivity contribution < 1.29 is 32.5 Å². The number of aromatic nitrogens is 1. The Balaban J connectivity index is 1.12. The number of unbranched alkanes of at least 4 members (excludes halogenated alkanes) is 1. The van der Waals surface area contributed by atoms with Crippen molar-refractivity contribution in [2.24, 2.45) is 5.92 Å². The molecule has 1 aliphatic heterocycles. The molecule has 1 unspecified atom stereocenters. The van der Waals surface area contributed by atoms with E-state index in [1.165, 1.54) is 23.9 Å². The Morgan fingerprint density at radius 3 is 2.12 bits per heavy atom. The van der Waals surface area contributed by atoms with E-state index in [9.17, 15) is 23.5 Å². The number of likely N-dealkylation sites (tertiary alicyclic amines) is 1. The van der Waals surface area contributed by atoms with Gasteiger partial charge in [0.2, 0.25) is 11.4 Å². The Morgan fingerprint density at radius 1 is 0.878 bits per heavy atom. The fourth-order valence-corrected chi connectivity index (χ4v) is 6.92. The third-order valence-corrected chi connectivity index (χ3v) is 9.89. The van der Waals surface area contributed by atoms with Crippen molar-refractivity contribution >= 4 is 10.9 Å². The van der Waals surface area contributed by atoms with E-state index in [1.54, 1.807) is 29.8 Å². The first kappa shape index (κ1) is 34.7. The molecule has 0 radical (unpaired) electrons. The fourth-order valence-electron chi connectivity index (χ4n) is 6.92. The van der Waals surface area contributed by atoms with Gasteiger partial charge in [-0.25, -0.2) is 0 Å². The maximum absolute atomic E-state index is 14.9. The van der Waals surface area contributed by atoms with Crippen molar-refractivity contribution in [2.45, 2.75) is 75.8 Å². The molecule has 1 aliphatic carbocycles. The lowest BCUT2D eigenvalue weighted by molar-refractivity contribution is -0.272. The highest BCUT2D eigenvalue weighted by atomic mass is 19.4. The van der Waals surface area contributed by atoms with Gasteiger partial charge in [0.15, 0.2) is 11.5 Å². The summed E-state index contributed by atoms with van der Waals surface area (Å²) < 4.78 is 64.1. The van der Waals surface area contributed by atoms with Crippen LogP contribution in [0.4, 0.5) is 13.2 Å². The Hall–Kier alpha value is -4.20. The lowest BCUT2D eigenvalue weighted by atomic mass is 9.90. The lowest BCUT2D eigenvalue weighted by Crippen LogP contribution is -2.53. The molecule has 1 saturated carbocycles. The smallest absolute Gasteiger partial charge is 0.422 e. The van der Waals surface area contributed by atoms with Crippen LogP contribution in [0.1, 0.15) is 60.8 Å². The predicted octanol–water partition coefficient (Wildman–Crippen LogP) is 7.80. The zero-order valence-corrected chi connectivity index (χ0v) is 28.1. The molecule has 3 aromatic carbocycles. The van der Waals surface area contributed by atoms with Crippen LogP contribution in [0.5, 0.6) is 17.2 Å². The second kappa shape index (κ2) is 14.7. The van der Waals surface area contributed by atoms with Crippen molar-refractivity contribution in [3.63, 3.8) is 0 Å². The van der Waals surface area contributed by atoms with Crippen LogP contribution in [-0.2, 0) is 25.0 Å². The summed E-state index contributed by atoms with van der Waals surface area (Å²) in [5.74, 6) is 2.01. The van der Waals surface area contributed by atoms with E-state index in [0.717, 1.165) is 44.1 Å². The molecule has 0 bridgehead atoms. The van der Waals surface area contributed by atoms with Gasteiger partial charge in [-0.3, -0.25) is 4.90 Å². The number of piperidine rings is 1. The molecule has 260 valence electrons. The summed E-state index contributed by atoms with van der Waals surface area (Å²) in [5.41, 5.74) is 0.0454. The average molecular weight is 676 g/mol. The molecule has 1 atom stereocenters. The normalized spacial score (nSPS) is 17.1. The van der Waals surface area contributed by atoms with Gasteiger partial charge in [0.1, 0.15) is 6.10 Å². The number of β-amino-alcohol motifs (C(OH)–C–C–N with tert-alkyl or cyclic N) is 1. The quantitative estimate of drug-likeness (QED) is 0.138. The molecule has 10 heteroatoms. The number of halogens is 3. The van der Waals surface area contributed by atoms with E-state index >= 15 is 0 Å². The first-order valence-electron chi connectivity index (χ1n) is 17.1. The molecule has 7 nitrogen and oxygen atoms in total. The Kier molecular flexibility index (Phi) is 10.4. The van der Waals surface area contributed by atoms with E-state index in [0.29, 0.717) is 72.1 Å². The van der Waals surface area contributed by atoms with E-state index in [1.807, 2.05) is 18.2 Å². The van der Waals surface area contributed by atoms with Crippen molar-refractivity contribution in [1.29, 1.82) is 5.26 Å². The fraction of sp³-hybridized carbons (Fsp3) is 0.462. The summed E-state index contributed by atoms with van der Waals surface area (Å²) in [6.07, 6.45) is 3.17. The van der Waals surface area contributed by atoms with Gasteiger partial charge in [-0.15, -0.1) is 0 Å². The minimum Gasteiger partial charge on any atom is -0.493 e. The second-order valence-corrected chi connectivity index (χ2v) is 13.5. The summed E-state index contributed by atoms with van der Waals surface area (Å²) in [7, 11) is 3.17. The monoisotopic (exact) mass is 675 g/mol. The average Bonchev–Trinajstić information content (AvgIpc) is 3.86. The van der Waals surface area contributed by atoms with Crippen LogP contribution in [0.3, 0.4) is 0 Å². The predicted molar refractivity (Wildman–Crippen MR) is 182 cm³/mol. The number of benzene rings is 3. The summed E-state index contributed by atoms with van der Waals surface area (Å²) in [6.45, 7) is 0.584. The van der Waals surface area contributed by atoms with Crippen LogP contribution in [0.15, 0.2) is 66.9 Å². The SMILES string of the molecule is COc1cc(CCCCc2ccccc2)cc(OC)c1OC1CCN(CC(O)(c2cn(CC3CC3)c3cc(C#N)ccc23)C(F)(F)F)CC1.